The standard InChI is InChI=1S/C36H27NO2/c1-22-11-15-33-31(19-22)36(29-9-5-3-7-26(29)27-8-4-6-10-30(27)36)32-20-23(2)12-16-34(32)37(33)25-14-13-24-17-18-39-35(38)28(24)21-25/h3-16,19-21H,17-18H2,1-2H3. The van der Waals surface area contributed by atoms with E-state index in [1.165, 1.54) is 44.5 Å². The van der Waals surface area contributed by atoms with Crippen LogP contribution in [0.25, 0.3) is 11.1 Å². The number of carbonyl (C=O) groups excluding carboxylic acids is 1. The third-order valence-electron chi connectivity index (χ3n) is 8.72. The number of cyclic esters (lactones) is 1. The highest BCUT2D eigenvalue weighted by molar-refractivity contribution is 5.98. The number of hydrogen-bond donors (Lipinski definition) is 0. The summed E-state index contributed by atoms with van der Waals surface area (Å²) in [6, 6.07) is 37.6. The number of anilines is 3. The molecule has 3 heteroatoms. The summed E-state index contributed by atoms with van der Waals surface area (Å²) in [6.45, 7) is 4.79. The van der Waals surface area contributed by atoms with E-state index >= 15 is 0 Å². The molecule has 0 radical (unpaired) electrons. The van der Waals surface area contributed by atoms with Crippen molar-refractivity contribution in [2.75, 3.05) is 11.5 Å². The number of esters is 1. The molecule has 0 N–H and O–H groups in total. The first-order valence-electron chi connectivity index (χ1n) is 13.6. The lowest BCUT2D eigenvalue weighted by Gasteiger charge is -2.45. The normalized spacial score (nSPS) is 15.6. The van der Waals surface area contributed by atoms with Gasteiger partial charge in [0.05, 0.1) is 29.0 Å². The lowest BCUT2D eigenvalue weighted by molar-refractivity contribution is 0.0480. The van der Waals surface area contributed by atoms with E-state index in [0.717, 1.165) is 29.0 Å². The van der Waals surface area contributed by atoms with Crippen molar-refractivity contribution >= 4 is 23.0 Å². The molecule has 3 aliphatic rings. The van der Waals surface area contributed by atoms with Gasteiger partial charge in [-0.2, -0.15) is 0 Å². The number of hydrogen-bond acceptors (Lipinski definition) is 3. The summed E-state index contributed by atoms with van der Waals surface area (Å²) in [5.74, 6) is -0.238. The lowest BCUT2D eigenvalue weighted by Crippen LogP contribution is -2.36. The number of nitrogens with zero attached hydrogens (tertiary/aromatic N) is 1. The average molecular weight is 506 g/mol. The van der Waals surface area contributed by atoms with E-state index in [9.17, 15) is 4.79 Å². The monoisotopic (exact) mass is 505 g/mol. The molecule has 39 heavy (non-hydrogen) atoms. The van der Waals surface area contributed by atoms with Crippen molar-refractivity contribution in [3.8, 4) is 11.1 Å². The van der Waals surface area contributed by atoms with Gasteiger partial charge in [0, 0.05) is 12.1 Å². The maximum Gasteiger partial charge on any atom is 0.338 e. The molecular weight excluding hydrogens is 478 g/mol. The Morgan fingerprint density at radius 1 is 0.641 bits per heavy atom. The molecule has 1 aliphatic carbocycles. The summed E-state index contributed by atoms with van der Waals surface area (Å²) in [5, 5.41) is 0. The van der Waals surface area contributed by atoms with Gasteiger partial charge >= 0.3 is 5.97 Å². The molecule has 0 bridgehead atoms. The fourth-order valence-corrected chi connectivity index (χ4v) is 7.10. The lowest BCUT2D eigenvalue weighted by atomic mass is 9.64. The molecule has 2 aliphatic heterocycles. The highest BCUT2D eigenvalue weighted by Gasteiger charge is 2.51. The van der Waals surface area contributed by atoms with Gasteiger partial charge in [0.1, 0.15) is 0 Å². The molecule has 5 aromatic carbocycles. The smallest absolute Gasteiger partial charge is 0.338 e. The summed E-state index contributed by atoms with van der Waals surface area (Å²) in [5.41, 5.74) is 14.7. The molecule has 0 saturated carbocycles. The fourth-order valence-electron chi connectivity index (χ4n) is 7.10. The molecular formula is C36H27NO2. The third kappa shape index (κ3) is 2.90. The molecule has 2 heterocycles. The van der Waals surface area contributed by atoms with Crippen LogP contribution in [0.3, 0.4) is 0 Å². The van der Waals surface area contributed by atoms with Gasteiger partial charge in [0.25, 0.3) is 0 Å². The van der Waals surface area contributed by atoms with Crippen LogP contribution in [0.15, 0.2) is 103 Å². The average Bonchev–Trinajstić information content (AvgIpc) is 3.25. The Bertz CT molecular complexity index is 1750. The van der Waals surface area contributed by atoms with Crippen molar-refractivity contribution in [3.05, 3.63) is 148 Å². The molecule has 3 nitrogen and oxygen atoms in total. The van der Waals surface area contributed by atoms with Gasteiger partial charge < -0.3 is 9.64 Å². The van der Waals surface area contributed by atoms with E-state index in [0.29, 0.717) is 12.2 Å². The minimum absolute atomic E-state index is 0.238. The van der Waals surface area contributed by atoms with Crippen LogP contribution in [0.4, 0.5) is 17.1 Å². The summed E-state index contributed by atoms with van der Waals surface area (Å²) >= 11 is 0. The van der Waals surface area contributed by atoms with Crippen LogP contribution in [0.1, 0.15) is 49.3 Å². The molecule has 0 saturated heterocycles. The topological polar surface area (TPSA) is 29.5 Å². The Morgan fingerprint density at radius 2 is 1.23 bits per heavy atom. The Kier molecular flexibility index (Phi) is 4.55. The quantitative estimate of drug-likeness (QED) is 0.211. The zero-order valence-electron chi connectivity index (χ0n) is 22.0. The summed E-state index contributed by atoms with van der Waals surface area (Å²) in [4.78, 5) is 15.1. The zero-order chi connectivity index (χ0) is 26.3. The summed E-state index contributed by atoms with van der Waals surface area (Å²) in [6.07, 6.45) is 0.754. The van der Waals surface area contributed by atoms with E-state index in [4.69, 9.17) is 4.74 Å². The molecule has 1 spiro atoms. The molecule has 0 atom stereocenters. The van der Waals surface area contributed by atoms with E-state index in [2.05, 4.69) is 116 Å². The highest BCUT2D eigenvalue weighted by atomic mass is 16.5. The summed E-state index contributed by atoms with van der Waals surface area (Å²) in [7, 11) is 0. The molecule has 0 fully saturated rings. The Labute approximate surface area is 228 Å². The van der Waals surface area contributed by atoms with Crippen LogP contribution in [0, 0.1) is 13.8 Å². The SMILES string of the molecule is Cc1ccc2c(c1)C1(c3ccccc3-c3ccccc31)c1cc(C)ccc1N2c1ccc2c(c1)C(=O)OCC2. The second kappa shape index (κ2) is 7.94. The molecule has 0 amide bonds. The van der Waals surface area contributed by atoms with E-state index < -0.39 is 5.41 Å². The van der Waals surface area contributed by atoms with Gasteiger partial charge in [0.2, 0.25) is 0 Å². The van der Waals surface area contributed by atoms with Crippen LogP contribution in [0.2, 0.25) is 0 Å². The number of benzene rings is 5. The number of ether oxygens (including phenoxy) is 1. The Hall–Kier alpha value is -4.63. The van der Waals surface area contributed by atoms with Crippen molar-refractivity contribution in [1.29, 1.82) is 0 Å². The number of carbonyl (C=O) groups is 1. The van der Waals surface area contributed by atoms with Gasteiger partial charge in [-0.15, -0.1) is 0 Å². The van der Waals surface area contributed by atoms with E-state index in [1.807, 2.05) is 6.07 Å². The molecule has 0 unspecified atom stereocenters. The van der Waals surface area contributed by atoms with Crippen molar-refractivity contribution in [2.45, 2.75) is 25.7 Å². The largest absolute Gasteiger partial charge is 0.462 e. The number of aryl methyl sites for hydroxylation is 2. The predicted octanol–water partition coefficient (Wildman–Crippen LogP) is 8.16. The van der Waals surface area contributed by atoms with Crippen LogP contribution < -0.4 is 4.90 Å². The van der Waals surface area contributed by atoms with Crippen LogP contribution in [0.5, 0.6) is 0 Å². The Balaban J connectivity index is 1.50. The van der Waals surface area contributed by atoms with Crippen molar-refractivity contribution in [1.82, 2.24) is 0 Å². The van der Waals surface area contributed by atoms with Crippen molar-refractivity contribution in [3.63, 3.8) is 0 Å². The van der Waals surface area contributed by atoms with Gasteiger partial charge in [-0.05, 0) is 77.1 Å². The van der Waals surface area contributed by atoms with Crippen molar-refractivity contribution < 1.29 is 9.53 Å². The molecule has 5 aromatic rings. The first kappa shape index (κ1) is 22.4. The van der Waals surface area contributed by atoms with Crippen molar-refractivity contribution in [2.24, 2.45) is 0 Å². The second-order valence-corrected chi connectivity index (χ2v) is 10.9. The Morgan fingerprint density at radius 3 is 1.85 bits per heavy atom. The van der Waals surface area contributed by atoms with Gasteiger partial charge in [0.15, 0.2) is 0 Å². The van der Waals surface area contributed by atoms with Gasteiger partial charge in [-0.25, -0.2) is 4.79 Å². The first-order chi connectivity index (χ1) is 19.1. The second-order valence-electron chi connectivity index (χ2n) is 10.9. The zero-order valence-corrected chi connectivity index (χ0v) is 22.0. The fraction of sp³-hybridized carbons (Fsp3) is 0.139. The van der Waals surface area contributed by atoms with Crippen LogP contribution in [-0.2, 0) is 16.6 Å². The maximum atomic E-state index is 12.7. The minimum atomic E-state index is -0.445. The van der Waals surface area contributed by atoms with Crippen LogP contribution >= 0.6 is 0 Å². The molecule has 8 rings (SSSR count). The van der Waals surface area contributed by atoms with Gasteiger partial charge in [-0.3, -0.25) is 0 Å². The summed E-state index contributed by atoms with van der Waals surface area (Å²) < 4.78 is 5.41. The van der Waals surface area contributed by atoms with E-state index in [-0.39, 0.29) is 5.97 Å². The molecule has 188 valence electrons. The van der Waals surface area contributed by atoms with E-state index in [1.54, 1.807) is 0 Å². The predicted molar refractivity (Wildman–Crippen MR) is 155 cm³/mol. The van der Waals surface area contributed by atoms with Gasteiger partial charge in [-0.1, -0.05) is 90.0 Å². The number of fused-ring (bicyclic) bond motifs is 10. The van der Waals surface area contributed by atoms with Crippen LogP contribution in [-0.4, -0.2) is 12.6 Å². The molecule has 0 aromatic heterocycles. The minimum Gasteiger partial charge on any atom is -0.462 e. The number of rotatable bonds is 1. The first-order valence-corrected chi connectivity index (χ1v) is 13.6. The maximum absolute atomic E-state index is 12.7. The highest BCUT2D eigenvalue weighted by Crippen LogP contribution is 2.63. The third-order valence-corrected chi connectivity index (χ3v) is 8.72.